The zero-order valence-electron chi connectivity index (χ0n) is 13.6. The van der Waals surface area contributed by atoms with E-state index in [0.29, 0.717) is 15.7 Å². The molecule has 0 aliphatic heterocycles. The van der Waals surface area contributed by atoms with Crippen molar-refractivity contribution in [1.82, 2.24) is 9.97 Å². The Morgan fingerprint density at radius 2 is 2.16 bits per heavy atom. The predicted molar refractivity (Wildman–Crippen MR) is 101 cm³/mol. The number of nitrogens with one attached hydrogen (secondary N) is 1. The second kappa shape index (κ2) is 7.72. The number of aryl methyl sites for hydroxylation is 1. The van der Waals surface area contributed by atoms with E-state index < -0.39 is 11.8 Å². The van der Waals surface area contributed by atoms with Crippen molar-refractivity contribution in [3.05, 3.63) is 32.9 Å². The molecule has 2 amide bonds. The molecule has 0 radical (unpaired) electrons. The summed E-state index contributed by atoms with van der Waals surface area (Å²) < 4.78 is 0. The molecule has 0 saturated heterocycles. The summed E-state index contributed by atoms with van der Waals surface area (Å²) in [6.45, 7) is 1.97. The molecule has 0 spiro atoms. The normalized spacial score (nSPS) is 13.4. The van der Waals surface area contributed by atoms with Gasteiger partial charge < -0.3 is 11.1 Å². The van der Waals surface area contributed by atoms with Crippen LogP contribution in [0.3, 0.4) is 0 Å². The van der Waals surface area contributed by atoms with Gasteiger partial charge in [0.1, 0.15) is 5.00 Å². The number of nitrogens with zero attached hydrogens (tertiary/aromatic N) is 2. The minimum Gasteiger partial charge on any atom is -0.365 e. The van der Waals surface area contributed by atoms with Gasteiger partial charge in [-0.25, -0.2) is 9.97 Å². The molecule has 2 heterocycles. The number of anilines is 1. The highest BCUT2D eigenvalue weighted by Crippen LogP contribution is 2.38. The van der Waals surface area contributed by atoms with Crippen molar-refractivity contribution in [2.24, 2.45) is 5.73 Å². The van der Waals surface area contributed by atoms with E-state index in [-0.39, 0.29) is 10.7 Å². The SMILES string of the molecule is CCSc1ncc(Cl)c(C(=O)Nc2sc3c(c2C(N)=O)CCCC3)n1. The summed E-state index contributed by atoms with van der Waals surface area (Å²) in [6, 6.07) is 0. The maximum absolute atomic E-state index is 12.6. The van der Waals surface area contributed by atoms with Crippen molar-refractivity contribution in [3.8, 4) is 0 Å². The summed E-state index contributed by atoms with van der Waals surface area (Å²) in [6.07, 6.45) is 5.23. The molecule has 0 bridgehead atoms. The summed E-state index contributed by atoms with van der Waals surface area (Å²) in [4.78, 5) is 34.0. The van der Waals surface area contributed by atoms with Crippen LogP contribution >= 0.6 is 34.7 Å². The number of primary amides is 1. The zero-order valence-corrected chi connectivity index (χ0v) is 16.0. The van der Waals surface area contributed by atoms with Crippen LogP contribution in [0.4, 0.5) is 5.00 Å². The first kappa shape index (κ1) is 18.2. The van der Waals surface area contributed by atoms with Crippen LogP contribution in [0.5, 0.6) is 0 Å². The van der Waals surface area contributed by atoms with E-state index in [9.17, 15) is 9.59 Å². The average Bonchev–Trinajstić information content (AvgIpc) is 2.94. The smallest absolute Gasteiger partial charge is 0.276 e. The van der Waals surface area contributed by atoms with Gasteiger partial charge in [0, 0.05) is 4.88 Å². The molecule has 1 aliphatic carbocycles. The third-order valence-electron chi connectivity index (χ3n) is 3.86. The Hall–Kier alpha value is -1.64. The third kappa shape index (κ3) is 3.80. The lowest BCUT2D eigenvalue weighted by atomic mass is 9.95. The fourth-order valence-electron chi connectivity index (χ4n) is 2.79. The van der Waals surface area contributed by atoms with Gasteiger partial charge in [-0.1, -0.05) is 30.3 Å². The first-order valence-electron chi connectivity index (χ1n) is 7.92. The number of thiophene rings is 1. The quantitative estimate of drug-likeness (QED) is 0.595. The minimum absolute atomic E-state index is 0.0920. The van der Waals surface area contributed by atoms with Crippen LogP contribution in [0.25, 0.3) is 0 Å². The number of hydrogen-bond acceptors (Lipinski definition) is 6. The lowest BCUT2D eigenvalue weighted by molar-refractivity contribution is 0.100. The molecule has 0 aromatic carbocycles. The molecular weight excluding hydrogens is 380 g/mol. The van der Waals surface area contributed by atoms with Crippen LogP contribution < -0.4 is 11.1 Å². The van der Waals surface area contributed by atoms with Gasteiger partial charge in [-0.15, -0.1) is 11.3 Å². The van der Waals surface area contributed by atoms with Crippen LogP contribution in [0.2, 0.25) is 5.02 Å². The summed E-state index contributed by atoms with van der Waals surface area (Å²) in [5, 5.41) is 3.90. The molecule has 2 aromatic heterocycles. The molecule has 1 aliphatic rings. The van der Waals surface area contributed by atoms with Crippen LogP contribution in [0.15, 0.2) is 11.4 Å². The Kier molecular flexibility index (Phi) is 5.61. The lowest BCUT2D eigenvalue weighted by Gasteiger charge is -2.11. The van der Waals surface area contributed by atoms with Crippen molar-refractivity contribution in [3.63, 3.8) is 0 Å². The Morgan fingerprint density at radius 1 is 1.40 bits per heavy atom. The molecule has 2 aromatic rings. The van der Waals surface area contributed by atoms with Crippen LogP contribution in [-0.4, -0.2) is 27.5 Å². The zero-order chi connectivity index (χ0) is 18.0. The van der Waals surface area contributed by atoms with E-state index >= 15 is 0 Å². The van der Waals surface area contributed by atoms with Crippen LogP contribution in [-0.2, 0) is 12.8 Å². The van der Waals surface area contributed by atoms with Gasteiger partial charge in [-0.3, -0.25) is 9.59 Å². The number of thioether (sulfide) groups is 1. The van der Waals surface area contributed by atoms with E-state index in [2.05, 4.69) is 15.3 Å². The fraction of sp³-hybridized carbons (Fsp3) is 0.375. The molecule has 6 nitrogen and oxygen atoms in total. The van der Waals surface area contributed by atoms with Gasteiger partial charge >= 0.3 is 0 Å². The van der Waals surface area contributed by atoms with E-state index in [1.165, 1.54) is 29.3 Å². The Balaban J connectivity index is 1.92. The van der Waals surface area contributed by atoms with Crippen molar-refractivity contribution in [1.29, 1.82) is 0 Å². The molecule has 0 fully saturated rings. The van der Waals surface area contributed by atoms with Gasteiger partial charge in [0.2, 0.25) is 0 Å². The Morgan fingerprint density at radius 3 is 2.88 bits per heavy atom. The number of amides is 2. The topological polar surface area (TPSA) is 98.0 Å². The molecule has 9 heteroatoms. The van der Waals surface area contributed by atoms with Crippen LogP contribution in [0.1, 0.15) is 51.1 Å². The molecule has 0 saturated carbocycles. The van der Waals surface area contributed by atoms with Gasteiger partial charge in [-0.05, 0) is 37.0 Å². The monoisotopic (exact) mass is 396 g/mol. The highest BCUT2D eigenvalue weighted by atomic mass is 35.5. The molecular formula is C16H17ClN4O2S2. The summed E-state index contributed by atoms with van der Waals surface area (Å²) >= 11 is 8.91. The standard InChI is InChI=1S/C16H17ClN4O2S2/c1-2-24-16-19-7-9(17)12(20-16)14(23)21-15-11(13(18)22)8-5-3-4-6-10(8)25-15/h7H,2-6H2,1H3,(H2,18,22)(H,21,23). The van der Waals surface area contributed by atoms with Gasteiger partial charge in [0.05, 0.1) is 16.8 Å². The number of carbonyl (C=O) groups excluding carboxylic acids is 2. The van der Waals surface area contributed by atoms with Crippen molar-refractivity contribution in [2.75, 3.05) is 11.1 Å². The summed E-state index contributed by atoms with van der Waals surface area (Å²) in [7, 11) is 0. The van der Waals surface area contributed by atoms with Crippen molar-refractivity contribution >= 4 is 51.5 Å². The van der Waals surface area contributed by atoms with Crippen LogP contribution in [0, 0.1) is 0 Å². The van der Waals surface area contributed by atoms with Crippen molar-refractivity contribution in [2.45, 2.75) is 37.8 Å². The number of halogens is 1. The molecule has 25 heavy (non-hydrogen) atoms. The minimum atomic E-state index is -0.522. The number of aromatic nitrogens is 2. The summed E-state index contributed by atoms with van der Waals surface area (Å²) in [5.41, 5.74) is 7.03. The number of carbonyl (C=O) groups is 2. The molecule has 132 valence electrons. The van der Waals surface area contributed by atoms with Gasteiger partial charge in [0.25, 0.3) is 11.8 Å². The lowest BCUT2D eigenvalue weighted by Crippen LogP contribution is -2.19. The Bertz CT molecular complexity index is 838. The van der Waals surface area contributed by atoms with E-state index in [4.69, 9.17) is 17.3 Å². The van der Waals surface area contributed by atoms with Gasteiger partial charge in [-0.2, -0.15) is 0 Å². The second-order valence-corrected chi connectivity index (χ2v) is 8.26. The first-order valence-corrected chi connectivity index (χ1v) is 10.1. The largest absolute Gasteiger partial charge is 0.365 e. The molecule has 0 unspecified atom stereocenters. The summed E-state index contributed by atoms with van der Waals surface area (Å²) in [5.74, 6) is -0.205. The highest BCUT2D eigenvalue weighted by molar-refractivity contribution is 7.99. The van der Waals surface area contributed by atoms with E-state index in [1.807, 2.05) is 6.92 Å². The van der Waals surface area contributed by atoms with E-state index in [0.717, 1.165) is 41.9 Å². The first-order chi connectivity index (χ1) is 12.0. The highest BCUT2D eigenvalue weighted by Gasteiger charge is 2.26. The van der Waals surface area contributed by atoms with Gasteiger partial charge in [0.15, 0.2) is 10.9 Å². The maximum atomic E-state index is 12.6. The fourth-order valence-corrected chi connectivity index (χ4v) is 4.79. The Labute approximate surface area is 158 Å². The van der Waals surface area contributed by atoms with E-state index in [1.54, 1.807) is 0 Å². The number of rotatable bonds is 5. The number of fused-ring (bicyclic) bond motifs is 1. The van der Waals surface area contributed by atoms with Crippen molar-refractivity contribution < 1.29 is 9.59 Å². The number of hydrogen-bond donors (Lipinski definition) is 2. The third-order valence-corrected chi connectivity index (χ3v) is 6.08. The molecule has 0 atom stereocenters. The number of nitrogens with two attached hydrogens (primary N) is 1. The second-order valence-electron chi connectivity index (χ2n) is 5.52. The maximum Gasteiger partial charge on any atom is 0.276 e. The molecule has 3 rings (SSSR count). The predicted octanol–water partition coefficient (Wildman–Crippen LogP) is 3.53. The average molecular weight is 397 g/mol. The molecule has 3 N–H and O–H groups in total.